The maximum atomic E-state index is 11.3. The zero-order valence-corrected chi connectivity index (χ0v) is 8.35. The van der Waals surface area contributed by atoms with Gasteiger partial charge in [0.25, 0.3) is 0 Å². The lowest BCUT2D eigenvalue weighted by atomic mass is 9.93. The van der Waals surface area contributed by atoms with Gasteiger partial charge in [-0.2, -0.15) is 12.6 Å². The van der Waals surface area contributed by atoms with E-state index in [-0.39, 0.29) is 11.9 Å². The second-order valence-corrected chi connectivity index (χ2v) is 3.72. The molecule has 0 spiro atoms. The van der Waals surface area contributed by atoms with Crippen molar-refractivity contribution in [1.82, 2.24) is 0 Å². The summed E-state index contributed by atoms with van der Waals surface area (Å²) >= 11 is 4.18. The van der Waals surface area contributed by atoms with Crippen molar-refractivity contribution < 1.29 is 9.53 Å². The van der Waals surface area contributed by atoms with Crippen LogP contribution >= 0.6 is 12.6 Å². The van der Waals surface area contributed by atoms with E-state index in [2.05, 4.69) is 12.6 Å². The number of hydrogen-bond donors (Lipinski definition) is 1. The zero-order valence-electron chi connectivity index (χ0n) is 7.45. The van der Waals surface area contributed by atoms with Crippen molar-refractivity contribution in [2.45, 2.75) is 25.7 Å². The Morgan fingerprint density at radius 3 is 2.58 bits per heavy atom. The Hall–Kier alpha value is -0.180. The summed E-state index contributed by atoms with van der Waals surface area (Å²) in [5.74, 6) is 1.09. The van der Waals surface area contributed by atoms with Gasteiger partial charge in [0, 0.05) is 5.75 Å². The van der Waals surface area contributed by atoms with Crippen molar-refractivity contribution in [2.24, 2.45) is 11.8 Å². The summed E-state index contributed by atoms with van der Waals surface area (Å²) in [4.78, 5) is 11.3. The first-order valence-corrected chi connectivity index (χ1v) is 5.11. The van der Waals surface area contributed by atoms with Gasteiger partial charge in [-0.15, -0.1) is 0 Å². The Morgan fingerprint density at radius 1 is 1.58 bits per heavy atom. The highest BCUT2D eigenvalue weighted by atomic mass is 32.1. The predicted molar refractivity (Wildman–Crippen MR) is 51.3 cm³/mol. The molecule has 0 aliphatic heterocycles. The molecule has 0 N–H and O–H groups in total. The summed E-state index contributed by atoms with van der Waals surface area (Å²) in [6.45, 7) is 0. The fraction of sp³-hybridized carbons (Fsp3) is 0.889. The molecule has 0 aromatic rings. The lowest BCUT2D eigenvalue weighted by Gasteiger charge is -2.18. The second-order valence-electron chi connectivity index (χ2n) is 3.36. The molecule has 1 aliphatic rings. The van der Waals surface area contributed by atoms with E-state index in [9.17, 15) is 4.79 Å². The molecule has 0 aromatic carbocycles. The van der Waals surface area contributed by atoms with Crippen LogP contribution in [0.25, 0.3) is 0 Å². The second kappa shape index (κ2) is 4.75. The highest BCUT2D eigenvalue weighted by Crippen LogP contribution is 2.32. The zero-order chi connectivity index (χ0) is 8.97. The summed E-state index contributed by atoms with van der Waals surface area (Å²) < 4.78 is 4.73. The van der Waals surface area contributed by atoms with Crippen LogP contribution in [0.4, 0.5) is 0 Å². The summed E-state index contributed by atoms with van der Waals surface area (Å²) in [5, 5.41) is 0. The van der Waals surface area contributed by atoms with Crippen LogP contribution in [-0.4, -0.2) is 18.8 Å². The molecule has 1 atom stereocenters. The van der Waals surface area contributed by atoms with Gasteiger partial charge in [0.05, 0.1) is 13.0 Å². The van der Waals surface area contributed by atoms with Crippen molar-refractivity contribution in [3.05, 3.63) is 0 Å². The quantitative estimate of drug-likeness (QED) is 0.541. The number of rotatable bonds is 3. The molecule has 0 saturated heterocycles. The number of hydrogen-bond acceptors (Lipinski definition) is 3. The van der Waals surface area contributed by atoms with Crippen molar-refractivity contribution in [3.63, 3.8) is 0 Å². The lowest BCUT2D eigenvalue weighted by Crippen LogP contribution is -2.24. The van der Waals surface area contributed by atoms with Crippen LogP contribution < -0.4 is 0 Å². The van der Waals surface area contributed by atoms with E-state index in [1.54, 1.807) is 0 Å². The minimum atomic E-state index is -0.0862. The first kappa shape index (κ1) is 9.90. The smallest absolute Gasteiger partial charge is 0.309 e. The largest absolute Gasteiger partial charge is 0.469 e. The van der Waals surface area contributed by atoms with E-state index in [0.717, 1.165) is 0 Å². The van der Waals surface area contributed by atoms with Crippen LogP contribution in [0.5, 0.6) is 0 Å². The van der Waals surface area contributed by atoms with Crippen LogP contribution in [-0.2, 0) is 9.53 Å². The highest BCUT2D eigenvalue weighted by molar-refractivity contribution is 7.80. The molecule has 1 fully saturated rings. The molecule has 0 bridgehead atoms. The van der Waals surface area contributed by atoms with Crippen LogP contribution in [0, 0.1) is 11.8 Å². The monoisotopic (exact) mass is 188 g/mol. The summed E-state index contributed by atoms with van der Waals surface area (Å²) in [5.41, 5.74) is 0. The number of carbonyl (C=O) groups is 1. The molecule has 1 unspecified atom stereocenters. The molecule has 0 heterocycles. The standard InChI is InChI=1S/C9H16O2S/c1-11-9(10)8(6-12)7-4-2-3-5-7/h7-8,12H,2-6H2,1H3. The third-order valence-corrected chi connectivity index (χ3v) is 3.06. The number of carbonyl (C=O) groups excluding carboxylic acids is 1. The molecule has 0 aromatic heterocycles. The van der Waals surface area contributed by atoms with Gasteiger partial charge in [-0.3, -0.25) is 4.79 Å². The van der Waals surface area contributed by atoms with Gasteiger partial charge < -0.3 is 4.74 Å². The van der Waals surface area contributed by atoms with Crippen molar-refractivity contribution in [3.8, 4) is 0 Å². The first-order valence-electron chi connectivity index (χ1n) is 4.48. The fourth-order valence-electron chi connectivity index (χ4n) is 1.93. The Morgan fingerprint density at radius 2 is 2.17 bits per heavy atom. The number of thiol groups is 1. The Labute approximate surface area is 79.1 Å². The molecule has 70 valence electrons. The van der Waals surface area contributed by atoms with E-state index >= 15 is 0 Å². The van der Waals surface area contributed by atoms with E-state index < -0.39 is 0 Å². The number of ether oxygens (including phenoxy) is 1. The van der Waals surface area contributed by atoms with Gasteiger partial charge in [-0.1, -0.05) is 12.8 Å². The topological polar surface area (TPSA) is 26.3 Å². The van der Waals surface area contributed by atoms with Crippen molar-refractivity contribution in [1.29, 1.82) is 0 Å². The average molecular weight is 188 g/mol. The van der Waals surface area contributed by atoms with Gasteiger partial charge in [0.1, 0.15) is 0 Å². The number of esters is 1. The molecule has 0 amide bonds. The van der Waals surface area contributed by atoms with E-state index in [0.29, 0.717) is 11.7 Å². The summed E-state index contributed by atoms with van der Waals surface area (Å²) in [6, 6.07) is 0. The van der Waals surface area contributed by atoms with Crippen LogP contribution in [0.3, 0.4) is 0 Å². The third-order valence-electron chi connectivity index (χ3n) is 2.67. The average Bonchev–Trinajstić information content (AvgIpc) is 2.58. The molecule has 2 nitrogen and oxygen atoms in total. The number of methoxy groups -OCH3 is 1. The maximum Gasteiger partial charge on any atom is 0.309 e. The molecule has 1 saturated carbocycles. The van der Waals surface area contributed by atoms with Gasteiger partial charge in [-0.25, -0.2) is 0 Å². The van der Waals surface area contributed by atoms with Crippen molar-refractivity contribution >= 4 is 18.6 Å². The Bertz CT molecular complexity index is 153. The third kappa shape index (κ3) is 2.16. The Balaban J connectivity index is 2.48. The van der Waals surface area contributed by atoms with Crippen LogP contribution in [0.15, 0.2) is 0 Å². The fourth-order valence-corrected chi connectivity index (χ4v) is 2.37. The van der Waals surface area contributed by atoms with E-state index in [1.807, 2.05) is 0 Å². The van der Waals surface area contributed by atoms with Gasteiger partial charge in [-0.05, 0) is 18.8 Å². The molecule has 0 radical (unpaired) electrons. The van der Waals surface area contributed by atoms with E-state index in [1.165, 1.54) is 32.8 Å². The van der Waals surface area contributed by atoms with Gasteiger partial charge in [0.15, 0.2) is 0 Å². The van der Waals surface area contributed by atoms with Crippen LogP contribution in [0.1, 0.15) is 25.7 Å². The summed E-state index contributed by atoms with van der Waals surface area (Å²) in [6.07, 6.45) is 4.85. The predicted octanol–water partition coefficient (Wildman–Crippen LogP) is 1.90. The highest BCUT2D eigenvalue weighted by Gasteiger charge is 2.29. The minimum absolute atomic E-state index is 0.0285. The molecule has 1 rings (SSSR count). The molecule has 12 heavy (non-hydrogen) atoms. The van der Waals surface area contributed by atoms with Crippen LogP contribution in [0.2, 0.25) is 0 Å². The lowest BCUT2D eigenvalue weighted by molar-refractivity contribution is -0.146. The Kier molecular flexibility index (Phi) is 3.92. The molecular formula is C9H16O2S. The molecular weight excluding hydrogens is 172 g/mol. The van der Waals surface area contributed by atoms with Crippen molar-refractivity contribution in [2.75, 3.05) is 12.9 Å². The first-order chi connectivity index (χ1) is 5.79. The minimum Gasteiger partial charge on any atom is -0.469 e. The SMILES string of the molecule is COC(=O)C(CS)C1CCCC1. The van der Waals surface area contributed by atoms with Gasteiger partial charge >= 0.3 is 5.97 Å². The normalized spacial score (nSPS) is 20.8. The summed E-state index contributed by atoms with van der Waals surface area (Å²) in [7, 11) is 1.45. The van der Waals surface area contributed by atoms with E-state index in [4.69, 9.17) is 4.74 Å². The molecule has 1 aliphatic carbocycles. The maximum absolute atomic E-state index is 11.3. The molecule has 3 heteroatoms. The van der Waals surface area contributed by atoms with Gasteiger partial charge in [0.2, 0.25) is 0 Å².